The predicted octanol–water partition coefficient (Wildman–Crippen LogP) is 4.15. The molecule has 17 heavy (non-hydrogen) atoms. The lowest BCUT2D eigenvalue weighted by Crippen LogP contribution is -2.18. The molecule has 0 aliphatic rings. The average Bonchev–Trinajstić information content (AvgIpc) is 2.65. The summed E-state index contributed by atoms with van der Waals surface area (Å²) < 4.78 is 0. The van der Waals surface area contributed by atoms with E-state index in [1.165, 1.54) is 22.0 Å². The second kappa shape index (κ2) is 7.39. The second-order valence-corrected chi connectivity index (χ2v) is 7.27. The van der Waals surface area contributed by atoms with Crippen molar-refractivity contribution in [1.82, 2.24) is 10.3 Å². The van der Waals surface area contributed by atoms with Gasteiger partial charge in [-0.1, -0.05) is 20.8 Å². The largest absolute Gasteiger partial charge is 0.309 e. The molecule has 1 unspecified atom stereocenters. The number of rotatable bonds is 7. The van der Waals surface area contributed by atoms with E-state index in [1.807, 2.05) is 23.1 Å². The normalized spacial score (nSPS) is 13.3. The molecule has 1 N–H and O–H groups in total. The summed E-state index contributed by atoms with van der Waals surface area (Å²) in [7, 11) is 0. The van der Waals surface area contributed by atoms with Crippen LogP contribution in [-0.4, -0.2) is 16.8 Å². The molecule has 2 nitrogen and oxygen atoms in total. The summed E-state index contributed by atoms with van der Waals surface area (Å²) in [6.07, 6.45) is 1.18. The van der Waals surface area contributed by atoms with Gasteiger partial charge in [-0.25, -0.2) is 4.98 Å². The number of nitrogens with zero attached hydrogens (tertiary/aromatic N) is 1. The fraction of sp³-hybridized carbons (Fsp3) is 0.769. The molecule has 1 atom stereocenters. The van der Waals surface area contributed by atoms with Gasteiger partial charge in [0.15, 0.2) is 0 Å². The van der Waals surface area contributed by atoms with Gasteiger partial charge in [0.05, 0.1) is 5.69 Å². The minimum atomic E-state index is 0.435. The molecule has 0 aliphatic carbocycles. The Morgan fingerprint density at radius 2 is 2.06 bits per heavy atom. The Balaban J connectivity index is 2.60. The summed E-state index contributed by atoms with van der Waals surface area (Å²) in [5.41, 5.74) is 1.20. The number of nitrogens with one attached hydrogen (secondary N) is 1. The third-order valence-electron chi connectivity index (χ3n) is 2.51. The zero-order valence-corrected chi connectivity index (χ0v) is 13.2. The van der Waals surface area contributed by atoms with Crippen LogP contribution >= 0.6 is 23.1 Å². The molecule has 0 spiro atoms. The molecular weight excluding hydrogens is 248 g/mol. The van der Waals surface area contributed by atoms with Gasteiger partial charge < -0.3 is 5.32 Å². The Labute approximate surface area is 114 Å². The summed E-state index contributed by atoms with van der Waals surface area (Å²) in [5, 5.41) is 5.48. The lowest BCUT2D eigenvalue weighted by molar-refractivity contribution is 0.575. The number of hydrogen-bond acceptors (Lipinski definition) is 4. The lowest BCUT2D eigenvalue weighted by atomic mass is 10.2. The van der Waals surface area contributed by atoms with Crippen molar-refractivity contribution in [1.29, 1.82) is 0 Å². The van der Waals surface area contributed by atoms with E-state index >= 15 is 0 Å². The SMILES string of the molecule is CCCNC(C)c1sc(CSC(C)C)nc1C. The van der Waals surface area contributed by atoms with E-state index in [1.54, 1.807) is 0 Å². The fourth-order valence-corrected chi connectivity index (χ4v) is 3.49. The van der Waals surface area contributed by atoms with Crippen LogP contribution in [0.2, 0.25) is 0 Å². The van der Waals surface area contributed by atoms with Crippen molar-refractivity contribution >= 4 is 23.1 Å². The van der Waals surface area contributed by atoms with Gasteiger partial charge in [0.25, 0.3) is 0 Å². The molecular formula is C13H24N2S2. The highest BCUT2D eigenvalue weighted by molar-refractivity contribution is 7.99. The van der Waals surface area contributed by atoms with Gasteiger partial charge in [0.2, 0.25) is 0 Å². The maximum absolute atomic E-state index is 4.67. The summed E-state index contributed by atoms with van der Waals surface area (Å²) in [6.45, 7) is 12.1. The van der Waals surface area contributed by atoms with Gasteiger partial charge in [0.1, 0.15) is 5.01 Å². The fourth-order valence-electron chi connectivity index (χ4n) is 1.62. The molecule has 1 heterocycles. The predicted molar refractivity (Wildman–Crippen MR) is 80.0 cm³/mol. The maximum atomic E-state index is 4.67. The third kappa shape index (κ3) is 4.98. The van der Waals surface area contributed by atoms with Crippen LogP contribution in [0.15, 0.2) is 0 Å². The van der Waals surface area contributed by atoms with E-state index in [-0.39, 0.29) is 0 Å². The van der Waals surface area contributed by atoms with E-state index in [0.717, 1.165) is 12.3 Å². The molecule has 1 aromatic rings. The summed E-state index contributed by atoms with van der Waals surface area (Å²) >= 11 is 3.83. The van der Waals surface area contributed by atoms with Gasteiger partial charge >= 0.3 is 0 Å². The van der Waals surface area contributed by atoms with Crippen LogP contribution in [0.25, 0.3) is 0 Å². The Bertz CT molecular complexity index is 334. The first-order valence-electron chi connectivity index (χ1n) is 6.35. The van der Waals surface area contributed by atoms with Crippen LogP contribution in [0.4, 0.5) is 0 Å². The quantitative estimate of drug-likeness (QED) is 0.807. The molecule has 0 saturated carbocycles. The van der Waals surface area contributed by atoms with Gasteiger partial charge in [0, 0.05) is 16.7 Å². The molecule has 0 radical (unpaired) electrons. The molecule has 0 fully saturated rings. The standard InChI is InChI=1S/C13H24N2S2/c1-6-7-14-10(4)13-11(5)15-12(17-13)8-16-9(2)3/h9-10,14H,6-8H2,1-5H3. The third-order valence-corrected chi connectivity index (χ3v) is 5.14. The van der Waals surface area contributed by atoms with Crippen molar-refractivity contribution in [2.45, 2.75) is 58.1 Å². The number of thiazole rings is 1. The minimum Gasteiger partial charge on any atom is -0.309 e. The highest BCUT2D eigenvalue weighted by atomic mass is 32.2. The first-order chi connectivity index (χ1) is 8.04. The van der Waals surface area contributed by atoms with Crippen molar-refractivity contribution in [3.63, 3.8) is 0 Å². The average molecular weight is 272 g/mol. The maximum Gasteiger partial charge on any atom is 0.103 e. The molecule has 0 aliphatic heterocycles. The Kier molecular flexibility index (Phi) is 6.52. The Morgan fingerprint density at radius 1 is 1.35 bits per heavy atom. The highest BCUT2D eigenvalue weighted by Crippen LogP contribution is 2.28. The van der Waals surface area contributed by atoms with E-state index in [9.17, 15) is 0 Å². The van der Waals surface area contributed by atoms with Crippen LogP contribution in [0.5, 0.6) is 0 Å². The van der Waals surface area contributed by atoms with Crippen LogP contribution in [0, 0.1) is 6.92 Å². The molecule has 0 saturated heterocycles. The van der Waals surface area contributed by atoms with Crippen molar-refractivity contribution in [3.05, 3.63) is 15.6 Å². The topological polar surface area (TPSA) is 24.9 Å². The van der Waals surface area contributed by atoms with Crippen molar-refractivity contribution in [3.8, 4) is 0 Å². The van der Waals surface area contributed by atoms with Crippen LogP contribution < -0.4 is 5.32 Å². The van der Waals surface area contributed by atoms with E-state index in [4.69, 9.17) is 0 Å². The van der Waals surface area contributed by atoms with Gasteiger partial charge in [-0.3, -0.25) is 0 Å². The highest BCUT2D eigenvalue weighted by Gasteiger charge is 2.13. The first kappa shape index (κ1) is 15.0. The monoisotopic (exact) mass is 272 g/mol. The molecule has 4 heteroatoms. The number of aromatic nitrogens is 1. The van der Waals surface area contributed by atoms with Crippen LogP contribution in [0.1, 0.15) is 55.7 Å². The van der Waals surface area contributed by atoms with Crippen molar-refractivity contribution in [2.24, 2.45) is 0 Å². The molecule has 98 valence electrons. The van der Waals surface area contributed by atoms with Crippen LogP contribution in [0.3, 0.4) is 0 Å². The zero-order valence-electron chi connectivity index (χ0n) is 11.5. The Hall–Kier alpha value is -0.0600. The molecule has 1 rings (SSSR count). The van der Waals surface area contributed by atoms with Gasteiger partial charge in [-0.05, 0) is 32.1 Å². The molecule has 0 amide bonds. The van der Waals surface area contributed by atoms with E-state index in [0.29, 0.717) is 11.3 Å². The summed E-state index contributed by atoms with van der Waals surface area (Å²) in [6, 6.07) is 0.435. The van der Waals surface area contributed by atoms with Gasteiger partial charge in [-0.15, -0.1) is 11.3 Å². The van der Waals surface area contributed by atoms with E-state index < -0.39 is 0 Å². The van der Waals surface area contributed by atoms with Gasteiger partial charge in [-0.2, -0.15) is 11.8 Å². The molecule has 0 aromatic carbocycles. The number of hydrogen-bond donors (Lipinski definition) is 1. The first-order valence-corrected chi connectivity index (χ1v) is 8.22. The lowest BCUT2D eigenvalue weighted by Gasteiger charge is -2.11. The van der Waals surface area contributed by atoms with Crippen LogP contribution in [-0.2, 0) is 5.75 Å². The smallest absolute Gasteiger partial charge is 0.103 e. The van der Waals surface area contributed by atoms with E-state index in [2.05, 4.69) is 44.9 Å². The summed E-state index contributed by atoms with van der Waals surface area (Å²) in [5.74, 6) is 1.05. The number of aryl methyl sites for hydroxylation is 1. The van der Waals surface area contributed by atoms with Crippen molar-refractivity contribution in [2.75, 3.05) is 6.54 Å². The minimum absolute atomic E-state index is 0.435. The van der Waals surface area contributed by atoms with Crippen molar-refractivity contribution < 1.29 is 0 Å². The number of thioether (sulfide) groups is 1. The summed E-state index contributed by atoms with van der Waals surface area (Å²) in [4.78, 5) is 6.07. The second-order valence-electron chi connectivity index (χ2n) is 4.59. The Morgan fingerprint density at radius 3 is 2.65 bits per heavy atom. The zero-order chi connectivity index (χ0) is 12.8. The molecule has 0 bridgehead atoms. The molecule has 1 aromatic heterocycles.